The second-order valence-electron chi connectivity index (χ2n) is 8.32. The van der Waals surface area contributed by atoms with Gasteiger partial charge in [-0.25, -0.2) is 0 Å². The maximum absolute atomic E-state index is 5.86. The molecule has 0 unspecified atom stereocenters. The van der Waals surface area contributed by atoms with Gasteiger partial charge in [0.05, 0.1) is 7.11 Å². The van der Waals surface area contributed by atoms with Gasteiger partial charge in [-0.3, -0.25) is 10.6 Å². The van der Waals surface area contributed by atoms with E-state index in [1.807, 2.05) is 21.2 Å². The summed E-state index contributed by atoms with van der Waals surface area (Å²) in [4.78, 5) is 2.65. The Kier molecular flexibility index (Phi) is 4.06. The van der Waals surface area contributed by atoms with Gasteiger partial charge in [0.25, 0.3) is 0 Å². The first-order valence-electron chi connectivity index (χ1n) is 9.67. The molecule has 0 spiro atoms. The van der Waals surface area contributed by atoms with Crippen molar-refractivity contribution in [2.24, 2.45) is 11.3 Å². The predicted molar refractivity (Wildman–Crippen MR) is 97.6 cm³/mol. The van der Waals surface area contributed by atoms with Crippen molar-refractivity contribution >= 4 is 0 Å². The van der Waals surface area contributed by atoms with E-state index in [0.29, 0.717) is 5.41 Å². The van der Waals surface area contributed by atoms with Gasteiger partial charge in [0, 0.05) is 17.9 Å². The van der Waals surface area contributed by atoms with Crippen LogP contribution in [-0.4, -0.2) is 51.4 Å². The van der Waals surface area contributed by atoms with Crippen LogP contribution >= 0.6 is 0 Å². The molecular formula is C20H33N3O. The Balaban J connectivity index is 1.83. The van der Waals surface area contributed by atoms with Crippen molar-refractivity contribution in [2.45, 2.75) is 56.7 Å². The lowest BCUT2D eigenvalue weighted by Crippen LogP contribution is -2.61. The van der Waals surface area contributed by atoms with Gasteiger partial charge in [-0.05, 0) is 70.9 Å². The van der Waals surface area contributed by atoms with Gasteiger partial charge in [0.1, 0.15) is 11.4 Å². The zero-order valence-electron chi connectivity index (χ0n) is 15.7. The fraction of sp³-hybridized carbons (Fsp3) is 0.800. The molecule has 2 fully saturated rings. The van der Waals surface area contributed by atoms with Crippen molar-refractivity contribution in [1.29, 1.82) is 0 Å². The van der Waals surface area contributed by atoms with Crippen LogP contribution < -0.4 is 10.6 Å². The molecule has 1 aliphatic heterocycles. The molecule has 4 rings (SSSR count). The second-order valence-corrected chi connectivity index (χ2v) is 8.32. The Morgan fingerprint density at radius 3 is 2.71 bits per heavy atom. The Hall–Kier alpha value is -0.840. The Bertz CT molecular complexity index is 577. The zero-order valence-corrected chi connectivity index (χ0v) is 15.7. The van der Waals surface area contributed by atoms with E-state index >= 15 is 0 Å². The van der Waals surface area contributed by atoms with Gasteiger partial charge < -0.3 is 9.64 Å². The van der Waals surface area contributed by atoms with Crippen LogP contribution in [0, 0.1) is 11.3 Å². The summed E-state index contributed by atoms with van der Waals surface area (Å²) in [6.07, 6.45) is 11.6. The van der Waals surface area contributed by atoms with Crippen molar-refractivity contribution in [3.05, 3.63) is 23.0 Å². The lowest BCUT2D eigenvalue weighted by Gasteiger charge is -2.60. The van der Waals surface area contributed by atoms with E-state index in [1.165, 1.54) is 45.1 Å². The lowest BCUT2D eigenvalue weighted by atomic mass is 9.51. The molecule has 0 aromatic heterocycles. The van der Waals surface area contributed by atoms with Crippen LogP contribution in [0.25, 0.3) is 0 Å². The number of likely N-dealkylation sites (N-methyl/N-ethyl adjacent to an activating group) is 2. The van der Waals surface area contributed by atoms with Gasteiger partial charge >= 0.3 is 0 Å². The normalized spacial score (nSPS) is 38.2. The summed E-state index contributed by atoms with van der Waals surface area (Å²) in [7, 11) is 8.23. The molecule has 0 aromatic rings. The van der Waals surface area contributed by atoms with Crippen LogP contribution in [0.1, 0.15) is 44.9 Å². The number of likely N-dealkylation sites (tertiary alicyclic amines) is 1. The van der Waals surface area contributed by atoms with E-state index < -0.39 is 0 Å². The first-order valence-corrected chi connectivity index (χ1v) is 9.67. The minimum atomic E-state index is -0.251. The van der Waals surface area contributed by atoms with Gasteiger partial charge in [-0.1, -0.05) is 18.4 Å². The molecule has 0 aromatic carbocycles. The molecule has 0 amide bonds. The molecule has 3 atom stereocenters. The molecule has 4 aliphatic rings. The van der Waals surface area contributed by atoms with Crippen molar-refractivity contribution in [3.63, 3.8) is 0 Å². The molecule has 134 valence electrons. The number of rotatable bonds is 3. The molecule has 1 saturated heterocycles. The second kappa shape index (κ2) is 5.86. The van der Waals surface area contributed by atoms with Crippen LogP contribution in [-0.2, 0) is 4.74 Å². The summed E-state index contributed by atoms with van der Waals surface area (Å²) < 4.78 is 5.86. The number of allylic oxidation sites excluding steroid dienone is 2. The quantitative estimate of drug-likeness (QED) is 0.780. The summed E-state index contributed by atoms with van der Waals surface area (Å²) in [6.45, 7) is 1.25. The Morgan fingerprint density at radius 2 is 2.00 bits per heavy atom. The first kappa shape index (κ1) is 16.6. The van der Waals surface area contributed by atoms with Crippen molar-refractivity contribution in [3.8, 4) is 0 Å². The highest BCUT2D eigenvalue weighted by atomic mass is 16.5. The summed E-state index contributed by atoms with van der Waals surface area (Å²) in [6, 6.07) is 0.738. The van der Waals surface area contributed by atoms with Crippen molar-refractivity contribution in [1.82, 2.24) is 15.5 Å². The lowest BCUT2D eigenvalue weighted by molar-refractivity contribution is -0.0253. The predicted octanol–water partition coefficient (Wildman–Crippen LogP) is 2.64. The number of hydrogen-bond donors (Lipinski definition) is 2. The molecular weight excluding hydrogens is 298 g/mol. The van der Waals surface area contributed by atoms with E-state index in [9.17, 15) is 0 Å². The third-order valence-corrected chi connectivity index (χ3v) is 7.66. The molecule has 24 heavy (non-hydrogen) atoms. The molecule has 0 radical (unpaired) electrons. The van der Waals surface area contributed by atoms with E-state index in [-0.39, 0.29) is 5.66 Å². The molecule has 1 heterocycles. The van der Waals surface area contributed by atoms with Crippen LogP contribution in [0.15, 0.2) is 23.0 Å². The van der Waals surface area contributed by atoms with Gasteiger partial charge in [0.15, 0.2) is 0 Å². The third kappa shape index (κ3) is 2.09. The third-order valence-electron chi connectivity index (χ3n) is 7.66. The average molecular weight is 332 g/mol. The maximum atomic E-state index is 5.86. The van der Waals surface area contributed by atoms with Crippen molar-refractivity contribution in [2.75, 3.05) is 34.8 Å². The van der Waals surface area contributed by atoms with Crippen molar-refractivity contribution < 1.29 is 4.74 Å². The van der Waals surface area contributed by atoms with Crippen LogP contribution in [0.3, 0.4) is 0 Å². The highest BCUT2D eigenvalue weighted by molar-refractivity contribution is 5.46. The number of hydrogen-bond acceptors (Lipinski definition) is 4. The fourth-order valence-electron chi connectivity index (χ4n) is 6.32. The first-order chi connectivity index (χ1) is 11.6. The van der Waals surface area contributed by atoms with Crippen LogP contribution in [0.4, 0.5) is 0 Å². The van der Waals surface area contributed by atoms with E-state index in [1.54, 1.807) is 11.1 Å². The highest BCUT2D eigenvalue weighted by Crippen LogP contribution is 2.60. The highest BCUT2D eigenvalue weighted by Gasteiger charge is 2.55. The molecule has 4 heteroatoms. The summed E-state index contributed by atoms with van der Waals surface area (Å²) in [5.74, 6) is 1.90. The summed E-state index contributed by atoms with van der Waals surface area (Å²) in [5.41, 5.74) is 3.47. The number of nitrogens with one attached hydrogen (secondary N) is 2. The smallest absolute Gasteiger partial charge is 0.131 e. The molecule has 3 aliphatic carbocycles. The number of methoxy groups -OCH3 is 1. The number of nitrogens with zero attached hydrogens (tertiary/aromatic N) is 1. The van der Waals surface area contributed by atoms with Gasteiger partial charge in [0.2, 0.25) is 0 Å². The standard InChI is InChI=1S/C20H33N3O/c1-21-20(22-2)13-14-11-17-15-7-5-6-8-19(15,9-10-23(17)3)16(14)12-18(20)24-4/h12,15,17,21-22H,5-11,13H2,1-4H3/t15-,17-,19-/m1/s1. The minimum absolute atomic E-state index is 0.251. The van der Waals surface area contributed by atoms with Crippen LogP contribution in [0.5, 0.6) is 0 Å². The van der Waals surface area contributed by atoms with E-state index in [4.69, 9.17) is 4.74 Å². The minimum Gasteiger partial charge on any atom is -0.498 e. The summed E-state index contributed by atoms with van der Waals surface area (Å²) in [5, 5.41) is 6.99. The summed E-state index contributed by atoms with van der Waals surface area (Å²) >= 11 is 0. The topological polar surface area (TPSA) is 36.5 Å². The SMILES string of the molecule is CNC1(NC)CC2=C(C=C1OC)[C@@]13CCCC[C@@H]1[C@@H](C2)N(C)CC3. The maximum Gasteiger partial charge on any atom is 0.131 e. The Labute approximate surface area is 146 Å². The largest absolute Gasteiger partial charge is 0.498 e. The zero-order chi connectivity index (χ0) is 16.9. The fourth-order valence-corrected chi connectivity index (χ4v) is 6.32. The van der Waals surface area contributed by atoms with Gasteiger partial charge in [-0.2, -0.15) is 0 Å². The average Bonchev–Trinajstić information content (AvgIpc) is 2.63. The van der Waals surface area contributed by atoms with E-state index in [0.717, 1.165) is 24.1 Å². The molecule has 2 bridgehead atoms. The van der Waals surface area contributed by atoms with Crippen LogP contribution in [0.2, 0.25) is 0 Å². The molecule has 4 nitrogen and oxygen atoms in total. The number of ether oxygens (including phenoxy) is 1. The molecule has 1 saturated carbocycles. The monoisotopic (exact) mass is 331 g/mol. The Morgan fingerprint density at radius 1 is 1.21 bits per heavy atom. The van der Waals surface area contributed by atoms with Gasteiger partial charge in [-0.15, -0.1) is 0 Å². The number of piperidine rings is 1. The van der Waals surface area contributed by atoms with E-state index in [2.05, 4.69) is 28.7 Å². The molecule has 2 N–H and O–H groups in total.